The van der Waals surface area contributed by atoms with Crippen molar-refractivity contribution < 1.29 is 19.7 Å². The van der Waals surface area contributed by atoms with Crippen molar-refractivity contribution in [2.45, 2.75) is 18.8 Å². The van der Waals surface area contributed by atoms with Gasteiger partial charge in [-0.3, -0.25) is 0 Å². The molecular formula is C10H12ClFO3. The highest BCUT2D eigenvalue weighted by atomic mass is 35.5. The standard InChI is InChI=1S/C10H12ClFO3/c11-4-9(14)10(15)7-1-6(5-13)2-8(12)3-7/h1-3,9-10,13-15H,4-5H2. The van der Waals surface area contributed by atoms with Crippen LogP contribution in [0.25, 0.3) is 0 Å². The van der Waals surface area contributed by atoms with Crippen molar-refractivity contribution >= 4 is 11.6 Å². The van der Waals surface area contributed by atoms with Crippen LogP contribution in [0.5, 0.6) is 0 Å². The molecule has 15 heavy (non-hydrogen) atoms. The monoisotopic (exact) mass is 234 g/mol. The lowest BCUT2D eigenvalue weighted by Crippen LogP contribution is -2.20. The fourth-order valence-electron chi connectivity index (χ4n) is 1.24. The van der Waals surface area contributed by atoms with E-state index in [0.29, 0.717) is 5.56 Å². The molecule has 84 valence electrons. The number of halogens is 2. The Balaban J connectivity index is 2.97. The first-order valence-corrected chi connectivity index (χ1v) is 4.94. The summed E-state index contributed by atoms with van der Waals surface area (Å²) in [6, 6.07) is 3.67. The lowest BCUT2D eigenvalue weighted by molar-refractivity contribution is 0.0324. The third-order valence-electron chi connectivity index (χ3n) is 2.03. The van der Waals surface area contributed by atoms with E-state index in [1.807, 2.05) is 0 Å². The number of aliphatic hydroxyl groups excluding tert-OH is 3. The highest BCUT2D eigenvalue weighted by Crippen LogP contribution is 2.20. The largest absolute Gasteiger partial charge is 0.392 e. The average molecular weight is 235 g/mol. The molecule has 1 aromatic rings. The molecule has 3 N–H and O–H groups in total. The van der Waals surface area contributed by atoms with Crippen LogP contribution in [0.15, 0.2) is 18.2 Å². The summed E-state index contributed by atoms with van der Waals surface area (Å²) in [6.45, 7) is -0.325. The number of aliphatic hydroxyl groups is 3. The number of rotatable bonds is 4. The molecule has 1 aromatic carbocycles. The maximum Gasteiger partial charge on any atom is 0.123 e. The Morgan fingerprint density at radius 2 is 1.93 bits per heavy atom. The molecule has 0 aliphatic rings. The normalized spacial score (nSPS) is 15.0. The van der Waals surface area contributed by atoms with Gasteiger partial charge in [-0.15, -0.1) is 11.6 Å². The predicted molar refractivity (Wildman–Crippen MR) is 54.0 cm³/mol. The Morgan fingerprint density at radius 1 is 1.27 bits per heavy atom. The quantitative estimate of drug-likeness (QED) is 0.680. The molecule has 0 aliphatic carbocycles. The van der Waals surface area contributed by atoms with E-state index in [4.69, 9.17) is 16.7 Å². The molecule has 2 atom stereocenters. The molecule has 0 aliphatic heterocycles. The van der Waals surface area contributed by atoms with E-state index in [2.05, 4.69) is 0 Å². The fraction of sp³-hybridized carbons (Fsp3) is 0.400. The maximum atomic E-state index is 13.0. The molecule has 0 saturated heterocycles. The third-order valence-corrected chi connectivity index (χ3v) is 2.34. The minimum atomic E-state index is -1.25. The lowest BCUT2D eigenvalue weighted by atomic mass is 10.0. The molecule has 0 amide bonds. The summed E-state index contributed by atoms with van der Waals surface area (Å²) < 4.78 is 13.0. The van der Waals surface area contributed by atoms with Gasteiger partial charge in [0.15, 0.2) is 0 Å². The van der Waals surface area contributed by atoms with Gasteiger partial charge in [-0.1, -0.05) is 6.07 Å². The fourth-order valence-corrected chi connectivity index (χ4v) is 1.41. The van der Waals surface area contributed by atoms with E-state index in [0.717, 1.165) is 12.1 Å². The van der Waals surface area contributed by atoms with Crippen molar-refractivity contribution in [1.82, 2.24) is 0 Å². The molecular weight excluding hydrogens is 223 g/mol. The second-order valence-corrected chi connectivity index (χ2v) is 3.53. The summed E-state index contributed by atoms with van der Waals surface area (Å²) in [7, 11) is 0. The van der Waals surface area contributed by atoms with E-state index in [-0.39, 0.29) is 18.1 Å². The predicted octanol–water partition coefficient (Wildman–Crippen LogP) is 0.951. The van der Waals surface area contributed by atoms with Crippen LogP contribution in [0, 0.1) is 5.82 Å². The lowest BCUT2D eigenvalue weighted by Gasteiger charge is -2.16. The molecule has 0 heterocycles. The third kappa shape index (κ3) is 3.14. The van der Waals surface area contributed by atoms with Gasteiger partial charge in [0.2, 0.25) is 0 Å². The summed E-state index contributed by atoms with van der Waals surface area (Å²) in [4.78, 5) is 0. The van der Waals surface area contributed by atoms with Gasteiger partial charge in [0.25, 0.3) is 0 Å². The van der Waals surface area contributed by atoms with Gasteiger partial charge >= 0.3 is 0 Å². The maximum absolute atomic E-state index is 13.0. The highest BCUT2D eigenvalue weighted by Gasteiger charge is 2.18. The molecule has 1 rings (SSSR count). The van der Waals surface area contributed by atoms with Crippen LogP contribution in [0.2, 0.25) is 0 Å². The van der Waals surface area contributed by atoms with Gasteiger partial charge in [0, 0.05) is 0 Å². The van der Waals surface area contributed by atoms with Crippen molar-refractivity contribution in [2.24, 2.45) is 0 Å². The first-order valence-electron chi connectivity index (χ1n) is 4.40. The zero-order valence-electron chi connectivity index (χ0n) is 7.90. The molecule has 5 heteroatoms. The number of alkyl halides is 1. The van der Waals surface area contributed by atoms with Crippen LogP contribution < -0.4 is 0 Å². The number of hydrogen-bond donors (Lipinski definition) is 3. The van der Waals surface area contributed by atoms with E-state index in [9.17, 15) is 14.6 Å². The van der Waals surface area contributed by atoms with Gasteiger partial charge in [-0.25, -0.2) is 4.39 Å². The van der Waals surface area contributed by atoms with Crippen LogP contribution in [0.3, 0.4) is 0 Å². The first kappa shape index (κ1) is 12.4. The van der Waals surface area contributed by atoms with Crippen LogP contribution in [-0.4, -0.2) is 27.3 Å². The summed E-state index contributed by atoms with van der Waals surface area (Å²) in [5, 5.41) is 27.6. The molecule has 2 unspecified atom stereocenters. The highest BCUT2D eigenvalue weighted by molar-refractivity contribution is 6.18. The first-order chi connectivity index (χ1) is 7.08. The Morgan fingerprint density at radius 3 is 2.47 bits per heavy atom. The molecule has 0 spiro atoms. The van der Waals surface area contributed by atoms with E-state index >= 15 is 0 Å². The van der Waals surface area contributed by atoms with Crippen molar-refractivity contribution in [1.29, 1.82) is 0 Å². The summed E-state index contributed by atoms with van der Waals surface area (Å²) in [6.07, 6.45) is -2.40. The van der Waals surface area contributed by atoms with Crippen LogP contribution in [0.1, 0.15) is 17.2 Å². The summed E-state index contributed by atoms with van der Waals surface area (Å²) in [5.74, 6) is -0.719. The topological polar surface area (TPSA) is 60.7 Å². The Kier molecular flexibility index (Phi) is 4.47. The minimum Gasteiger partial charge on any atom is -0.392 e. The molecule has 0 radical (unpaired) electrons. The van der Waals surface area contributed by atoms with Crippen molar-refractivity contribution in [3.63, 3.8) is 0 Å². The van der Waals surface area contributed by atoms with E-state index in [1.165, 1.54) is 6.07 Å². The van der Waals surface area contributed by atoms with Crippen LogP contribution in [0.4, 0.5) is 4.39 Å². The smallest absolute Gasteiger partial charge is 0.123 e. The molecule has 3 nitrogen and oxygen atoms in total. The van der Waals surface area contributed by atoms with Crippen LogP contribution in [-0.2, 0) is 6.61 Å². The summed E-state index contributed by atoms with van der Waals surface area (Å²) in [5.41, 5.74) is 0.540. The van der Waals surface area contributed by atoms with Gasteiger partial charge in [-0.2, -0.15) is 0 Å². The number of hydrogen-bond acceptors (Lipinski definition) is 3. The summed E-state index contributed by atoms with van der Waals surface area (Å²) >= 11 is 5.36. The SMILES string of the molecule is OCc1cc(F)cc(C(O)C(O)CCl)c1. The van der Waals surface area contributed by atoms with Crippen LogP contribution >= 0.6 is 11.6 Å². The molecule has 0 bridgehead atoms. The van der Waals surface area contributed by atoms with Crippen molar-refractivity contribution in [3.8, 4) is 0 Å². The Bertz CT molecular complexity index is 332. The van der Waals surface area contributed by atoms with Gasteiger partial charge in [0.05, 0.1) is 18.6 Å². The van der Waals surface area contributed by atoms with E-state index in [1.54, 1.807) is 0 Å². The molecule has 0 fully saturated rings. The number of benzene rings is 1. The second-order valence-electron chi connectivity index (χ2n) is 3.22. The second kappa shape index (κ2) is 5.42. The van der Waals surface area contributed by atoms with Gasteiger partial charge in [-0.05, 0) is 23.3 Å². The zero-order valence-corrected chi connectivity index (χ0v) is 8.65. The van der Waals surface area contributed by atoms with Gasteiger partial charge in [0.1, 0.15) is 11.9 Å². The average Bonchev–Trinajstić information content (AvgIpc) is 2.26. The van der Waals surface area contributed by atoms with Gasteiger partial charge < -0.3 is 15.3 Å². The zero-order chi connectivity index (χ0) is 11.4. The Hall–Kier alpha value is -0.680. The van der Waals surface area contributed by atoms with E-state index < -0.39 is 18.0 Å². The van der Waals surface area contributed by atoms with Crippen molar-refractivity contribution in [3.05, 3.63) is 35.1 Å². The molecule has 0 saturated carbocycles. The molecule has 0 aromatic heterocycles. The Labute approximate surface area is 91.7 Å². The van der Waals surface area contributed by atoms with Crippen molar-refractivity contribution in [2.75, 3.05) is 5.88 Å². The minimum absolute atomic E-state index is 0.147.